The molecule has 0 radical (unpaired) electrons. The fourth-order valence-corrected chi connectivity index (χ4v) is 1.69. The van der Waals surface area contributed by atoms with Gasteiger partial charge in [-0.2, -0.15) is 5.10 Å². The number of carbonyl (C=O) groups excluding carboxylic acids is 1. The number of hydrazone groups is 1. The maximum absolute atomic E-state index is 11.4. The van der Waals surface area contributed by atoms with Gasteiger partial charge in [-0.25, -0.2) is 4.79 Å². The molecule has 0 atom stereocenters. The van der Waals surface area contributed by atoms with Crippen LogP contribution in [0.3, 0.4) is 0 Å². The van der Waals surface area contributed by atoms with Gasteiger partial charge in [-0.15, -0.1) is 0 Å². The summed E-state index contributed by atoms with van der Waals surface area (Å²) >= 11 is 0. The highest BCUT2D eigenvalue weighted by Gasteiger charge is 2.05. The van der Waals surface area contributed by atoms with Crippen molar-refractivity contribution < 1.29 is 9.53 Å². The molecule has 2 aromatic carbocycles. The zero-order valence-electron chi connectivity index (χ0n) is 11.0. The van der Waals surface area contributed by atoms with Crippen LogP contribution in [0.2, 0.25) is 0 Å². The van der Waals surface area contributed by atoms with Gasteiger partial charge in [0.05, 0.1) is 12.3 Å². The predicted molar refractivity (Wildman–Crippen MR) is 77.3 cm³/mol. The van der Waals surface area contributed by atoms with E-state index < -0.39 is 5.97 Å². The zero-order valence-corrected chi connectivity index (χ0v) is 11.0. The minimum Gasteiger partial charge on any atom is -0.461 e. The van der Waals surface area contributed by atoms with Crippen LogP contribution in [-0.2, 0) is 9.53 Å². The normalized spacial score (nSPS) is 11.4. The first-order valence-electron chi connectivity index (χ1n) is 6.17. The number of anilines is 1. The number of carbonyl (C=O) groups is 1. The first-order chi connectivity index (χ1) is 9.20. The zero-order chi connectivity index (χ0) is 13.7. The molecule has 1 N–H and O–H groups in total. The number of hydrogen-bond donors (Lipinski definition) is 1. The molecule has 4 heteroatoms. The fourth-order valence-electron chi connectivity index (χ4n) is 1.69. The van der Waals surface area contributed by atoms with Gasteiger partial charge in [0.1, 0.15) is 5.71 Å². The Morgan fingerprint density at radius 1 is 1.21 bits per heavy atom. The summed E-state index contributed by atoms with van der Waals surface area (Å²) in [5.41, 5.74) is 4.00. The fraction of sp³-hybridized carbons (Fsp3) is 0.200. The third-order valence-corrected chi connectivity index (χ3v) is 2.67. The molecule has 98 valence electrons. The minimum absolute atomic E-state index is 0.301. The van der Waals surface area contributed by atoms with Crippen molar-refractivity contribution in [1.82, 2.24) is 0 Å². The van der Waals surface area contributed by atoms with Gasteiger partial charge in [-0.1, -0.05) is 30.3 Å². The van der Waals surface area contributed by atoms with E-state index in [2.05, 4.69) is 10.5 Å². The lowest BCUT2D eigenvalue weighted by Crippen LogP contribution is -2.15. The summed E-state index contributed by atoms with van der Waals surface area (Å²) in [6, 6.07) is 14.0. The van der Waals surface area contributed by atoms with E-state index in [0.717, 1.165) is 11.1 Å². The van der Waals surface area contributed by atoms with E-state index in [1.165, 1.54) is 5.39 Å². The lowest BCUT2D eigenvalue weighted by Gasteiger charge is -2.04. The summed E-state index contributed by atoms with van der Waals surface area (Å²) in [7, 11) is 0. The molecular formula is C15H16N2O2. The van der Waals surface area contributed by atoms with Crippen molar-refractivity contribution in [1.29, 1.82) is 0 Å². The van der Waals surface area contributed by atoms with Gasteiger partial charge in [0, 0.05) is 0 Å². The Bertz CT molecular complexity index is 620. The van der Waals surface area contributed by atoms with E-state index in [1.54, 1.807) is 13.8 Å². The highest BCUT2D eigenvalue weighted by Crippen LogP contribution is 2.18. The van der Waals surface area contributed by atoms with Crippen LogP contribution in [0.4, 0.5) is 5.69 Å². The summed E-state index contributed by atoms with van der Waals surface area (Å²) in [6.07, 6.45) is 0. The van der Waals surface area contributed by atoms with Crippen LogP contribution in [-0.4, -0.2) is 18.3 Å². The molecule has 19 heavy (non-hydrogen) atoms. The monoisotopic (exact) mass is 256 g/mol. The topological polar surface area (TPSA) is 50.7 Å². The third kappa shape index (κ3) is 3.31. The Morgan fingerprint density at radius 3 is 2.68 bits per heavy atom. The van der Waals surface area contributed by atoms with Crippen molar-refractivity contribution in [2.45, 2.75) is 13.8 Å². The third-order valence-electron chi connectivity index (χ3n) is 2.67. The molecule has 0 amide bonds. The second-order valence-corrected chi connectivity index (χ2v) is 4.09. The molecule has 2 rings (SSSR count). The van der Waals surface area contributed by atoms with Gasteiger partial charge in [0.25, 0.3) is 0 Å². The first-order valence-corrected chi connectivity index (χ1v) is 6.17. The van der Waals surface area contributed by atoms with Crippen LogP contribution in [0.15, 0.2) is 47.6 Å². The van der Waals surface area contributed by atoms with Gasteiger partial charge < -0.3 is 4.74 Å². The summed E-state index contributed by atoms with van der Waals surface area (Å²) in [4.78, 5) is 11.4. The lowest BCUT2D eigenvalue weighted by molar-refractivity contribution is -0.135. The molecule has 0 saturated heterocycles. The molecule has 0 aliphatic carbocycles. The summed E-state index contributed by atoms with van der Waals surface area (Å²) < 4.78 is 4.85. The Balaban J connectivity index is 2.13. The number of hydrogen-bond acceptors (Lipinski definition) is 4. The number of nitrogens with zero attached hydrogens (tertiary/aromatic N) is 1. The largest absolute Gasteiger partial charge is 0.461 e. The summed E-state index contributed by atoms with van der Waals surface area (Å²) in [5.74, 6) is -0.407. The van der Waals surface area contributed by atoms with Crippen LogP contribution in [0, 0.1) is 0 Å². The maximum Gasteiger partial charge on any atom is 0.354 e. The Morgan fingerprint density at radius 2 is 1.95 bits per heavy atom. The van der Waals surface area contributed by atoms with Crippen molar-refractivity contribution in [2.24, 2.45) is 5.10 Å². The molecule has 0 heterocycles. The predicted octanol–water partition coefficient (Wildman–Crippen LogP) is 3.19. The maximum atomic E-state index is 11.4. The minimum atomic E-state index is -0.407. The molecular weight excluding hydrogens is 240 g/mol. The van der Waals surface area contributed by atoms with E-state index in [4.69, 9.17) is 4.74 Å². The number of fused-ring (bicyclic) bond motifs is 1. The molecule has 0 bridgehead atoms. The summed E-state index contributed by atoms with van der Waals surface area (Å²) in [6.45, 7) is 3.73. The second-order valence-electron chi connectivity index (χ2n) is 4.09. The van der Waals surface area contributed by atoms with Crippen LogP contribution < -0.4 is 5.43 Å². The first kappa shape index (κ1) is 13.1. The molecule has 0 aromatic heterocycles. The number of ether oxygens (including phenoxy) is 1. The van der Waals surface area contributed by atoms with Crippen LogP contribution >= 0.6 is 0 Å². The van der Waals surface area contributed by atoms with Gasteiger partial charge in [-0.3, -0.25) is 5.43 Å². The molecule has 0 aliphatic heterocycles. The van der Waals surface area contributed by atoms with E-state index in [9.17, 15) is 4.79 Å². The highest BCUT2D eigenvalue weighted by molar-refractivity contribution is 6.35. The molecule has 4 nitrogen and oxygen atoms in total. The quantitative estimate of drug-likeness (QED) is 0.519. The molecule has 0 fully saturated rings. The highest BCUT2D eigenvalue weighted by atomic mass is 16.5. The smallest absolute Gasteiger partial charge is 0.354 e. The Hall–Kier alpha value is -2.36. The number of benzene rings is 2. The van der Waals surface area contributed by atoms with Crippen molar-refractivity contribution in [2.75, 3.05) is 12.0 Å². The average Bonchev–Trinajstić information content (AvgIpc) is 2.44. The molecule has 0 unspecified atom stereocenters. The van der Waals surface area contributed by atoms with E-state index >= 15 is 0 Å². The van der Waals surface area contributed by atoms with Gasteiger partial charge in [0.15, 0.2) is 0 Å². The number of nitrogens with one attached hydrogen (secondary N) is 1. The van der Waals surface area contributed by atoms with Crippen LogP contribution in [0.25, 0.3) is 10.8 Å². The Labute approximate surface area is 112 Å². The van der Waals surface area contributed by atoms with E-state index in [0.29, 0.717) is 12.3 Å². The van der Waals surface area contributed by atoms with Crippen LogP contribution in [0.1, 0.15) is 13.8 Å². The van der Waals surface area contributed by atoms with Crippen molar-refractivity contribution >= 4 is 28.1 Å². The molecule has 0 aliphatic rings. The lowest BCUT2D eigenvalue weighted by atomic mass is 10.1. The van der Waals surface area contributed by atoms with E-state index in [1.807, 2.05) is 42.5 Å². The van der Waals surface area contributed by atoms with E-state index in [-0.39, 0.29) is 0 Å². The Kier molecular flexibility index (Phi) is 4.13. The van der Waals surface area contributed by atoms with Crippen molar-refractivity contribution in [3.8, 4) is 0 Å². The van der Waals surface area contributed by atoms with Gasteiger partial charge >= 0.3 is 5.97 Å². The summed E-state index contributed by atoms with van der Waals surface area (Å²) in [5, 5.41) is 6.30. The second kappa shape index (κ2) is 6.00. The molecule has 0 spiro atoms. The molecule has 0 saturated carbocycles. The number of esters is 1. The van der Waals surface area contributed by atoms with Crippen LogP contribution in [0.5, 0.6) is 0 Å². The van der Waals surface area contributed by atoms with Crippen molar-refractivity contribution in [3.63, 3.8) is 0 Å². The van der Waals surface area contributed by atoms with Gasteiger partial charge in [-0.05, 0) is 36.8 Å². The SMILES string of the molecule is CCOC(=O)/C(C)=N/Nc1ccc2ccccc2c1. The average molecular weight is 256 g/mol. The number of rotatable bonds is 4. The standard InChI is InChI=1S/C15H16N2O2/c1-3-19-15(18)11(2)16-17-14-9-8-12-6-4-5-7-13(12)10-14/h4-10,17H,3H2,1-2H3/b16-11+. The molecule has 2 aromatic rings. The van der Waals surface area contributed by atoms with Gasteiger partial charge in [0.2, 0.25) is 0 Å². The van der Waals surface area contributed by atoms with Crippen molar-refractivity contribution in [3.05, 3.63) is 42.5 Å².